The normalized spacial score (nSPS) is 30.0. The summed E-state index contributed by atoms with van der Waals surface area (Å²) in [5.74, 6) is 0. The number of aliphatic hydroxyl groups is 3. The minimum atomic E-state index is -1.19. The Bertz CT molecular complexity index is 536. The van der Waals surface area contributed by atoms with E-state index in [0.717, 1.165) is 5.56 Å². The number of rotatable bonds is 4. The van der Waals surface area contributed by atoms with Crippen LogP contribution in [0.25, 0.3) is 6.08 Å². The van der Waals surface area contributed by atoms with E-state index in [4.69, 9.17) is 0 Å². The maximum Gasteiger partial charge on any atom is 0.112 e. The quantitative estimate of drug-likeness (QED) is 0.581. The van der Waals surface area contributed by atoms with E-state index in [1.807, 2.05) is 43.3 Å². The van der Waals surface area contributed by atoms with Crippen molar-refractivity contribution in [1.29, 1.82) is 0 Å². The molecule has 2 rings (SSSR count). The summed E-state index contributed by atoms with van der Waals surface area (Å²) in [4.78, 5) is 4.25. The van der Waals surface area contributed by atoms with Crippen LogP contribution in [-0.4, -0.2) is 45.9 Å². The molecule has 0 spiro atoms. The number of allylic oxidation sites excluding steroid dienone is 1. The van der Waals surface area contributed by atoms with E-state index in [1.54, 1.807) is 18.4 Å². The van der Waals surface area contributed by atoms with Crippen molar-refractivity contribution in [2.75, 3.05) is 0 Å². The fraction of sp³-hybridized carbons (Fsp3) is 0.353. The zero-order chi connectivity index (χ0) is 15.2. The van der Waals surface area contributed by atoms with Crippen LogP contribution in [0.2, 0.25) is 0 Å². The van der Waals surface area contributed by atoms with Crippen LogP contribution in [0, 0.1) is 0 Å². The van der Waals surface area contributed by atoms with E-state index in [2.05, 4.69) is 4.99 Å². The zero-order valence-corrected chi connectivity index (χ0v) is 12.0. The first-order valence-corrected chi connectivity index (χ1v) is 7.13. The highest BCUT2D eigenvalue weighted by atomic mass is 16.4. The van der Waals surface area contributed by atoms with Crippen molar-refractivity contribution in [2.24, 2.45) is 4.99 Å². The van der Waals surface area contributed by atoms with Gasteiger partial charge in [0.2, 0.25) is 0 Å². The van der Waals surface area contributed by atoms with Crippen molar-refractivity contribution in [3.63, 3.8) is 0 Å². The maximum atomic E-state index is 9.95. The summed E-state index contributed by atoms with van der Waals surface area (Å²) in [6, 6.07) is 9.29. The Morgan fingerprint density at radius 1 is 1.10 bits per heavy atom. The molecule has 0 saturated heterocycles. The van der Waals surface area contributed by atoms with Crippen molar-refractivity contribution in [3.8, 4) is 0 Å². The lowest BCUT2D eigenvalue weighted by atomic mass is 9.87. The molecule has 0 aliphatic heterocycles. The molecule has 4 atom stereocenters. The molecule has 112 valence electrons. The van der Waals surface area contributed by atoms with Gasteiger partial charge in [-0.1, -0.05) is 49.4 Å². The number of aliphatic hydroxyl groups excluding tert-OH is 3. The number of nitrogens with zero attached hydrogens (tertiary/aromatic N) is 1. The van der Waals surface area contributed by atoms with Crippen LogP contribution in [0.4, 0.5) is 0 Å². The molecule has 0 bridgehead atoms. The van der Waals surface area contributed by atoms with E-state index in [9.17, 15) is 15.3 Å². The minimum absolute atomic E-state index is 0.529. The van der Waals surface area contributed by atoms with Crippen molar-refractivity contribution in [2.45, 2.75) is 37.7 Å². The van der Waals surface area contributed by atoms with Crippen LogP contribution < -0.4 is 0 Å². The molecule has 0 aromatic heterocycles. The van der Waals surface area contributed by atoms with Gasteiger partial charge in [0.15, 0.2) is 0 Å². The fourth-order valence-electron chi connectivity index (χ4n) is 2.35. The molecule has 4 heteroatoms. The van der Waals surface area contributed by atoms with Crippen molar-refractivity contribution in [1.82, 2.24) is 0 Å². The van der Waals surface area contributed by atoms with Crippen LogP contribution in [-0.2, 0) is 0 Å². The van der Waals surface area contributed by atoms with Crippen LogP contribution in [0.15, 0.2) is 53.0 Å². The SMILES string of the molecule is CCC1=C[C@H](N=C/C=C/c2ccccc2)[C@H](O)C(O)[C@@H]1O. The summed E-state index contributed by atoms with van der Waals surface area (Å²) in [6.07, 6.45) is 4.38. The average Bonchev–Trinajstić information content (AvgIpc) is 2.52. The topological polar surface area (TPSA) is 73.1 Å². The van der Waals surface area contributed by atoms with E-state index >= 15 is 0 Å². The van der Waals surface area contributed by atoms with E-state index in [0.29, 0.717) is 12.0 Å². The highest BCUT2D eigenvalue weighted by Gasteiger charge is 2.36. The fourth-order valence-corrected chi connectivity index (χ4v) is 2.35. The van der Waals surface area contributed by atoms with E-state index in [1.165, 1.54) is 0 Å². The van der Waals surface area contributed by atoms with Crippen LogP contribution in [0.5, 0.6) is 0 Å². The van der Waals surface area contributed by atoms with Crippen molar-refractivity contribution >= 4 is 12.3 Å². The summed E-state index contributed by atoms with van der Waals surface area (Å²) in [5, 5.41) is 29.6. The van der Waals surface area contributed by atoms with Gasteiger partial charge in [0.1, 0.15) is 18.3 Å². The molecular formula is C17H21NO3. The molecule has 0 saturated carbocycles. The zero-order valence-electron chi connectivity index (χ0n) is 12.0. The lowest BCUT2D eigenvalue weighted by Gasteiger charge is -2.32. The molecular weight excluding hydrogens is 266 g/mol. The molecule has 1 unspecified atom stereocenters. The van der Waals surface area contributed by atoms with Crippen molar-refractivity contribution in [3.05, 3.63) is 53.6 Å². The smallest absolute Gasteiger partial charge is 0.112 e. The maximum absolute atomic E-state index is 9.95. The third-order valence-corrected chi connectivity index (χ3v) is 3.63. The first kappa shape index (κ1) is 15.6. The van der Waals surface area contributed by atoms with Gasteiger partial charge < -0.3 is 15.3 Å². The Balaban J connectivity index is 2.06. The summed E-state index contributed by atoms with van der Waals surface area (Å²) in [6.45, 7) is 1.90. The molecule has 21 heavy (non-hydrogen) atoms. The third kappa shape index (κ3) is 3.88. The molecule has 1 aliphatic rings. The highest BCUT2D eigenvalue weighted by Crippen LogP contribution is 2.24. The number of aliphatic imine (C=N–C) groups is 1. The van der Waals surface area contributed by atoms with Gasteiger partial charge in [0.25, 0.3) is 0 Å². The van der Waals surface area contributed by atoms with Gasteiger partial charge in [0.05, 0.1) is 6.04 Å². The Kier molecular flexibility index (Phi) is 5.44. The molecule has 4 nitrogen and oxygen atoms in total. The molecule has 0 amide bonds. The van der Waals surface area contributed by atoms with Crippen molar-refractivity contribution < 1.29 is 15.3 Å². The average molecular weight is 287 g/mol. The van der Waals surface area contributed by atoms with Gasteiger partial charge in [0, 0.05) is 6.21 Å². The van der Waals surface area contributed by atoms with Gasteiger partial charge in [-0.15, -0.1) is 0 Å². The second-order valence-corrected chi connectivity index (χ2v) is 5.08. The number of hydrogen-bond acceptors (Lipinski definition) is 4. The van der Waals surface area contributed by atoms with E-state index < -0.39 is 24.4 Å². The molecule has 0 fully saturated rings. The Morgan fingerprint density at radius 2 is 1.81 bits per heavy atom. The van der Waals surface area contributed by atoms with Gasteiger partial charge in [-0.2, -0.15) is 0 Å². The first-order chi connectivity index (χ1) is 10.1. The molecule has 0 radical (unpaired) electrons. The molecule has 1 aromatic carbocycles. The summed E-state index contributed by atoms with van der Waals surface area (Å²) >= 11 is 0. The summed E-state index contributed by atoms with van der Waals surface area (Å²) in [5.41, 5.74) is 1.77. The molecule has 1 aliphatic carbocycles. The number of benzene rings is 1. The second kappa shape index (κ2) is 7.31. The third-order valence-electron chi connectivity index (χ3n) is 3.63. The van der Waals surface area contributed by atoms with Gasteiger partial charge in [-0.3, -0.25) is 4.99 Å². The summed E-state index contributed by atoms with van der Waals surface area (Å²) < 4.78 is 0. The van der Waals surface area contributed by atoms with Gasteiger partial charge in [-0.05, 0) is 23.6 Å². The number of hydrogen-bond donors (Lipinski definition) is 3. The first-order valence-electron chi connectivity index (χ1n) is 7.13. The Morgan fingerprint density at radius 3 is 2.48 bits per heavy atom. The predicted molar refractivity (Wildman–Crippen MR) is 84.2 cm³/mol. The Hall–Kier alpha value is -1.75. The minimum Gasteiger partial charge on any atom is -0.388 e. The Labute approximate surface area is 124 Å². The summed E-state index contributed by atoms with van der Waals surface area (Å²) in [7, 11) is 0. The van der Waals surface area contributed by atoms with E-state index in [-0.39, 0.29) is 0 Å². The van der Waals surface area contributed by atoms with Gasteiger partial charge in [-0.25, -0.2) is 0 Å². The molecule has 0 heterocycles. The van der Waals surface area contributed by atoms with Crippen LogP contribution >= 0.6 is 0 Å². The molecule has 1 aromatic rings. The lowest BCUT2D eigenvalue weighted by Crippen LogP contribution is -2.47. The standard InChI is InChI=1S/C17H21NO3/c1-2-13-11-14(16(20)17(21)15(13)19)18-10-6-9-12-7-4-3-5-8-12/h3-11,14-17,19-21H,2H2,1H3/b9-6+,18-10?/t14-,15+,16-,17?/m0/s1. The predicted octanol–water partition coefficient (Wildman–Crippen LogP) is 1.57. The highest BCUT2D eigenvalue weighted by molar-refractivity contribution is 5.78. The van der Waals surface area contributed by atoms with Crippen LogP contribution in [0.3, 0.4) is 0 Å². The largest absolute Gasteiger partial charge is 0.388 e. The van der Waals surface area contributed by atoms with Gasteiger partial charge >= 0.3 is 0 Å². The second-order valence-electron chi connectivity index (χ2n) is 5.08. The lowest BCUT2D eigenvalue weighted by molar-refractivity contribution is -0.0572. The molecule has 3 N–H and O–H groups in total. The van der Waals surface area contributed by atoms with Crippen LogP contribution in [0.1, 0.15) is 18.9 Å². The monoisotopic (exact) mass is 287 g/mol.